The summed E-state index contributed by atoms with van der Waals surface area (Å²) in [5, 5.41) is 16.0. The van der Waals surface area contributed by atoms with Crippen LogP contribution in [0.4, 0.5) is 0 Å². The minimum atomic E-state index is -2.03. The van der Waals surface area contributed by atoms with Crippen LogP contribution in [0.2, 0.25) is 0 Å². The third-order valence-corrected chi connectivity index (χ3v) is 9.61. The van der Waals surface area contributed by atoms with Crippen molar-refractivity contribution in [1.29, 1.82) is 0 Å². The van der Waals surface area contributed by atoms with Gasteiger partial charge in [0.2, 0.25) is 6.29 Å². The van der Waals surface area contributed by atoms with Crippen LogP contribution in [0, 0.1) is 11.8 Å². The van der Waals surface area contributed by atoms with E-state index in [0.29, 0.717) is 17.9 Å². The molecule has 0 unspecified atom stereocenters. The third-order valence-electron chi connectivity index (χ3n) is 9.61. The van der Waals surface area contributed by atoms with Gasteiger partial charge in [-0.3, -0.25) is 28.8 Å². The van der Waals surface area contributed by atoms with Gasteiger partial charge >= 0.3 is 35.8 Å². The van der Waals surface area contributed by atoms with E-state index in [9.17, 15) is 33.9 Å². The number of rotatable bonds is 16. The number of fused-ring (bicyclic) bond motifs is 1. The van der Waals surface area contributed by atoms with Crippen LogP contribution < -0.4 is 14.8 Å². The molecule has 2 N–H and O–H groups in total. The molecule has 19 heteroatoms. The number of ether oxygens (including phenoxy) is 11. The molecule has 3 aliphatic rings. The van der Waals surface area contributed by atoms with Crippen molar-refractivity contribution in [2.45, 2.75) is 109 Å². The van der Waals surface area contributed by atoms with Crippen molar-refractivity contribution < 1.29 is 86.0 Å². The second kappa shape index (κ2) is 19.5. The molecule has 11 atom stereocenters. The van der Waals surface area contributed by atoms with Gasteiger partial charge in [-0.2, -0.15) is 0 Å². The predicted molar refractivity (Wildman–Crippen MR) is 187 cm³/mol. The summed E-state index contributed by atoms with van der Waals surface area (Å²) in [5.74, 6) is -5.28. The largest absolute Gasteiger partial charge is 0.493 e. The van der Waals surface area contributed by atoms with Crippen LogP contribution in [0.15, 0.2) is 18.2 Å². The van der Waals surface area contributed by atoms with E-state index >= 15 is 0 Å². The summed E-state index contributed by atoms with van der Waals surface area (Å²) in [5.41, 5.74) is -1.18. The zero-order chi connectivity index (χ0) is 41.3. The molecule has 2 aliphatic heterocycles. The van der Waals surface area contributed by atoms with E-state index in [1.165, 1.54) is 28.1 Å². The zero-order valence-corrected chi connectivity index (χ0v) is 32.6. The van der Waals surface area contributed by atoms with Crippen LogP contribution in [0.5, 0.6) is 11.5 Å². The van der Waals surface area contributed by atoms with Gasteiger partial charge in [-0.1, -0.05) is 6.07 Å². The number of esters is 6. The summed E-state index contributed by atoms with van der Waals surface area (Å²) in [7, 11) is 3.04. The van der Waals surface area contributed by atoms with Crippen molar-refractivity contribution >= 4 is 35.8 Å². The van der Waals surface area contributed by atoms with Gasteiger partial charge < -0.3 is 62.5 Å². The molecule has 3 fully saturated rings. The summed E-state index contributed by atoms with van der Waals surface area (Å²) < 4.78 is 62.4. The van der Waals surface area contributed by atoms with E-state index in [-0.39, 0.29) is 19.6 Å². The lowest BCUT2D eigenvalue weighted by Gasteiger charge is -2.47. The molecule has 0 bridgehead atoms. The first-order chi connectivity index (χ1) is 26.5. The van der Waals surface area contributed by atoms with E-state index in [0.717, 1.165) is 33.3 Å². The van der Waals surface area contributed by atoms with Gasteiger partial charge in [0.15, 0.2) is 36.1 Å². The monoisotopic (exact) mass is 797 g/mol. The number of nitrogens with one attached hydrogen (secondary N) is 1. The van der Waals surface area contributed by atoms with E-state index in [2.05, 4.69) is 5.32 Å². The molecule has 4 rings (SSSR count). The van der Waals surface area contributed by atoms with Gasteiger partial charge in [-0.25, -0.2) is 0 Å². The molecule has 0 spiro atoms. The van der Waals surface area contributed by atoms with Gasteiger partial charge in [0.05, 0.1) is 32.8 Å². The second-order valence-corrected chi connectivity index (χ2v) is 13.6. The van der Waals surface area contributed by atoms with Gasteiger partial charge in [-0.15, -0.1) is 0 Å². The van der Waals surface area contributed by atoms with Gasteiger partial charge in [-0.05, 0) is 37.1 Å². The minimum Gasteiger partial charge on any atom is -0.493 e. The van der Waals surface area contributed by atoms with Crippen LogP contribution in [-0.4, -0.2) is 136 Å². The fraction of sp³-hybridized carbons (Fsp3) is 0.676. The van der Waals surface area contributed by atoms with Gasteiger partial charge in [0.25, 0.3) is 0 Å². The fourth-order valence-corrected chi connectivity index (χ4v) is 7.53. The number of hydrogen-bond acceptors (Lipinski definition) is 19. The van der Waals surface area contributed by atoms with Crippen molar-refractivity contribution in [2.75, 3.05) is 40.6 Å². The van der Waals surface area contributed by atoms with Crippen LogP contribution in [-0.2, 0) is 77.8 Å². The maximum Gasteiger partial charge on any atom is 0.303 e. The highest BCUT2D eigenvalue weighted by Gasteiger charge is 2.66. The second-order valence-electron chi connectivity index (χ2n) is 13.6. The molecule has 0 amide bonds. The maximum atomic E-state index is 12.7. The quantitative estimate of drug-likeness (QED) is 0.171. The number of aliphatic hydroxyl groups is 1. The van der Waals surface area contributed by atoms with Crippen molar-refractivity contribution in [3.63, 3.8) is 0 Å². The van der Waals surface area contributed by atoms with E-state index in [1.807, 2.05) is 6.07 Å². The van der Waals surface area contributed by atoms with Crippen molar-refractivity contribution in [1.82, 2.24) is 5.32 Å². The Morgan fingerprint density at radius 2 is 1.34 bits per heavy atom. The van der Waals surface area contributed by atoms with E-state index in [4.69, 9.17) is 52.1 Å². The molecule has 19 nitrogen and oxygen atoms in total. The van der Waals surface area contributed by atoms with E-state index in [1.54, 1.807) is 12.1 Å². The lowest BCUT2D eigenvalue weighted by Crippen LogP contribution is -2.65. The Labute approximate surface area is 323 Å². The summed E-state index contributed by atoms with van der Waals surface area (Å²) in [4.78, 5) is 73.6. The summed E-state index contributed by atoms with van der Waals surface area (Å²) in [6.45, 7) is 5.96. The maximum absolute atomic E-state index is 12.7. The molecule has 1 aromatic carbocycles. The minimum absolute atomic E-state index is 0.0247. The average Bonchev–Trinajstić information content (AvgIpc) is 3.35. The first-order valence-corrected chi connectivity index (χ1v) is 18.0. The molecule has 56 heavy (non-hydrogen) atoms. The molecule has 1 aliphatic carbocycles. The van der Waals surface area contributed by atoms with Gasteiger partial charge in [0.1, 0.15) is 31.0 Å². The Kier molecular flexibility index (Phi) is 15.4. The Morgan fingerprint density at radius 1 is 0.750 bits per heavy atom. The van der Waals surface area contributed by atoms with E-state index < -0.39 is 116 Å². The SMILES string of the molecule is COc1ccc(CCN[C@@H]2[C@@H](OC(C)=O)[C@@H]3CCO[C@@H](O[C@@H]4O[C@H](COC(C)=O)[C@@H](OC(C)=O)[C@H](OC(C)=O)[C@H]4OC(C)=O)[C@@H]3[C@@]2(O)COC(C)=O)cc1OC. The molecule has 2 heterocycles. The Bertz CT molecular complexity index is 1590. The van der Waals surface area contributed by atoms with Crippen molar-refractivity contribution in [2.24, 2.45) is 11.8 Å². The highest BCUT2D eigenvalue weighted by atomic mass is 16.8. The topological polar surface area (TPSA) is 236 Å². The molecule has 1 aromatic rings. The Morgan fingerprint density at radius 3 is 1.93 bits per heavy atom. The summed E-state index contributed by atoms with van der Waals surface area (Å²) >= 11 is 0. The summed E-state index contributed by atoms with van der Waals surface area (Å²) in [6, 6.07) is 4.35. The molecule has 312 valence electrons. The number of carbonyl (C=O) groups excluding carboxylic acids is 6. The van der Waals surface area contributed by atoms with Crippen molar-refractivity contribution in [3.8, 4) is 11.5 Å². The number of hydrogen-bond donors (Lipinski definition) is 2. The first-order valence-electron chi connectivity index (χ1n) is 18.0. The fourth-order valence-electron chi connectivity index (χ4n) is 7.53. The normalized spacial score (nSPS) is 30.9. The smallest absolute Gasteiger partial charge is 0.303 e. The predicted octanol–water partition coefficient (Wildman–Crippen LogP) is 0.523. The number of carbonyl (C=O) groups is 6. The standard InChI is InChI=1S/C37H51NO18/c1-18(39)49-16-28-31(52-21(4)42)32(53-22(5)43)33(54-23(6)44)36(55-28)56-35-29-25(12-14-48-35)30(51-20(3)41)34(37(29,45)17-50-19(2)40)38-13-11-24-9-10-26(46-7)27(15-24)47-8/h9-10,15,25,28-36,38,45H,11-14,16-17H2,1-8H3/t25-,28-,29-,30+,31-,32+,33-,34-,35+,36+,37+/m1/s1. The van der Waals surface area contributed by atoms with Crippen LogP contribution in [0.25, 0.3) is 0 Å². The molecule has 0 radical (unpaired) electrons. The molecule has 0 aromatic heterocycles. The zero-order valence-electron chi connectivity index (χ0n) is 32.6. The number of methoxy groups -OCH3 is 2. The van der Waals surface area contributed by atoms with Gasteiger partial charge in [0, 0.05) is 47.5 Å². The first kappa shape index (κ1) is 44.2. The average molecular weight is 798 g/mol. The van der Waals surface area contributed by atoms with Crippen LogP contribution in [0.3, 0.4) is 0 Å². The van der Waals surface area contributed by atoms with Crippen LogP contribution in [0.1, 0.15) is 53.5 Å². The Balaban J connectivity index is 1.73. The number of benzene rings is 1. The molecular formula is C37H51NO18. The highest BCUT2D eigenvalue weighted by molar-refractivity contribution is 5.69. The van der Waals surface area contributed by atoms with Crippen LogP contribution >= 0.6 is 0 Å². The Hall–Kier alpha value is -4.56. The molecule has 1 saturated carbocycles. The lowest BCUT2D eigenvalue weighted by atomic mass is 9.81. The van der Waals surface area contributed by atoms with Crippen molar-refractivity contribution in [3.05, 3.63) is 23.8 Å². The lowest BCUT2D eigenvalue weighted by molar-refractivity contribution is -0.360. The molecule has 2 saturated heterocycles. The third kappa shape index (κ3) is 10.8. The molecular weight excluding hydrogens is 746 g/mol. The summed E-state index contributed by atoms with van der Waals surface area (Å²) in [6.07, 6.45) is -9.32. The highest BCUT2D eigenvalue weighted by Crippen LogP contribution is 2.50.